The number of rotatable bonds is 14. The summed E-state index contributed by atoms with van der Waals surface area (Å²) in [6, 6.07) is 0. The first-order valence-corrected chi connectivity index (χ1v) is 8.72. The molecule has 0 fully saturated rings. The number of carbonyl (C=O) groups excluding carboxylic acids is 2. The quantitative estimate of drug-likeness (QED) is 0.386. The highest BCUT2D eigenvalue weighted by atomic mass is 19.1. The number of alkyl halides is 1. The number of unbranched alkanes of at least 4 members (excludes halogenated alkanes) is 5. The van der Waals surface area contributed by atoms with E-state index in [2.05, 4.69) is 12.2 Å². The van der Waals surface area contributed by atoms with Gasteiger partial charge in [0.2, 0.25) is 0 Å². The zero-order valence-corrected chi connectivity index (χ0v) is 14.9. The minimum atomic E-state index is -1.44. The lowest BCUT2D eigenvalue weighted by molar-refractivity contribution is -0.884. The van der Waals surface area contributed by atoms with Crippen molar-refractivity contribution in [3.63, 3.8) is 0 Å². The maximum Gasteiger partial charge on any atom is 0.254 e. The summed E-state index contributed by atoms with van der Waals surface area (Å²) in [7, 11) is 3.57. The number of carbonyl (C=O) groups is 2. The third kappa shape index (κ3) is 13.0. The van der Waals surface area contributed by atoms with Crippen LogP contribution in [0, 0.1) is 0 Å². The summed E-state index contributed by atoms with van der Waals surface area (Å²) in [6.45, 7) is 3.03. The van der Waals surface area contributed by atoms with Crippen LogP contribution in [0.5, 0.6) is 0 Å². The lowest BCUT2D eigenvalue weighted by Crippen LogP contribution is -2.49. The third-order valence-electron chi connectivity index (χ3n) is 3.89. The minimum absolute atomic E-state index is 0.0717. The molecule has 1 unspecified atom stereocenters. The Labute approximate surface area is 139 Å². The second-order valence-corrected chi connectivity index (χ2v) is 6.86. The molecule has 0 aliphatic heterocycles. The number of hydrogen-bond donors (Lipinski definition) is 1. The van der Waals surface area contributed by atoms with Crippen molar-refractivity contribution in [3.05, 3.63) is 0 Å². The van der Waals surface area contributed by atoms with E-state index in [1.165, 1.54) is 19.3 Å². The van der Waals surface area contributed by atoms with Crippen molar-refractivity contribution >= 4 is 11.9 Å². The van der Waals surface area contributed by atoms with E-state index in [4.69, 9.17) is 0 Å². The maximum atomic E-state index is 13.7. The second kappa shape index (κ2) is 12.3. The molecule has 0 spiro atoms. The van der Waals surface area contributed by atoms with Gasteiger partial charge in [-0.05, 0) is 6.42 Å². The van der Waals surface area contributed by atoms with Gasteiger partial charge in [0.1, 0.15) is 6.54 Å². The number of amides is 1. The third-order valence-corrected chi connectivity index (χ3v) is 3.89. The van der Waals surface area contributed by atoms with Crippen LogP contribution in [0.15, 0.2) is 0 Å². The number of carboxylic acid groups (broad SMARTS) is 1. The van der Waals surface area contributed by atoms with Crippen LogP contribution in [-0.2, 0) is 9.59 Å². The molecule has 0 radical (unpaired) electrons. The molecule has 1 N–H and O–H groups in total. The van der Waals surface area contributed by atoms with E-state index in [1.807, 2.05) is 0 Å². The molecule has 0 aromatic rings. The average molecular weight is 332 g/mol. The van der Waals surface area contributed by atoms with Gasteiger partial charge in [-0.3, -0.25) is 4.79 Å². The van der Waals surface area contributed by atoms with Crippen molar-refractivity contribution in [2.24, 2.45) is 0 Å². The Morgan fingerprint density at radius 3 is 2.30 bits per heavy atom. The number of nitrogens with zero attached hydrogens (tertiary/aromatic N) is 1. The first-order valence-electron chi connectivity index (χ1n) is 8.72. The van der Waals surface area contributed by atoms with Gasteiger partial charge in [0.15, 0.2) is 6.17 Å². The summed E-state index contributed by atoms with van der Waals surface area (Å²) in [5.41, 5.74) is 0. The van der Waals surface area contributed by atoms with Gasteiger partial charge in [-0.25, -0.2) is 4.39 Å². The molecular formula is C17H33FN2O3. The zero-order chi connectivity index (χ0) is 17.7. The number of aliphatic carboxylic acids is 1. The molecule has 1 amide bonds. The monoisotopic (exact) mass is 332 g/mol. The standard InChI is InChI=1S/C17H33FN2O3/c1-4-5-6-7-8-9-11-15(18)17(23)19-12-10-13-20(2,3)14-16(21)22/h15H,4-14H2,1-3H3,(H-,19,21,22,23). The van der Waals surface area contributed by atoms with Gasteiger partial charge in [-0.15, -0.1) is 0 Å². The van der Waals surface area contributed by atoms with Crippen molar-refractivity contribution < 1.29 is 23.6 Å². The van der Waals surface area contributed by atoms with Crippen molar-refractivity contribution in [3.8, 4) is 0 Å². The summed E-state index contributed by atoms with van der Waals surface area (Å²) in [5.74, 6) is -1.65. The maximum absolute atomic E-state index is 13.7. The summed E-state index contributed by atoms with van der Waals surface area (Å²) in [6.07, 6.45) is 5.86. The Balaban J connectivity index is 3.70. The Morgan fingerprint density at radius 1 is 1.09 bits per heavy atom. The molecule has 0 aromatic carbocycles. The molecule has 6 heteroatoms. The molecule has 0 saturated heterocycles. The SMILES string of the molecule is CCCCCCCCC(F)C(=O)NCCC[N+](C)(C)CC(=O)[O-]. The highest BCUT2D eigenvalue weighted by Gasteiger charge is 2.18. The fourth-order valence-electron chi connectivity index (χ4n) is 2.49. The van der Waals surface area contributed by atoms with Gasteiger partial charge in [-0.1, -0.05) is 45.4 Å². The van der Waals surface area contributed by atoms with E-state index >= 15 is 0 Å². The van der Waals surface area contributed by atoms with Gasteiger partial charge in [0, 0.05) is 13.0 Å². The van der Waals surface area contributed by atoms with Crippen LogP contribution in [-0.4, -0.2) is 56.3 Å². The van der Waals surface area contributed by atoms with E-state index in [0.717, 1.165) is 19.3 Å². The van der Waals surface area contributed by atoms with Crippen LogP contribution in [0.25, 0.3) is 0 Å². The number of quaternary nitrogens is 1. The van der Waals surface area contributed by atoms with Crippen LogP contribution in [0.4, 0.5) is 4.39 Å². The highest BCUT2D eigenvalue weighted by Crippen LogP contribution is 2.10. The summed E-state index contributed by atoms with van der Waals surface area (Å²) in [5, 5.41) is 13.2. The fraction of sp³-hybridized carbons (Fsp3) is 0.882. The van der Waals surface area contributed by atoms with Gasteiger partial charge in [0.25, 0.3) is 5.91 Å². The van der Waals surface area contributed by atoms with Gasteiger partial charge >= 0.3 is 0 Å². The first-order chi connectivity index (χ1) is 10.8. The normalized spacial score (nSPS) is 12.9. The second-order valence-electron chi connectivity index (χ2n) is 6.86. The Morgan fingerprint density at radius 2 is 1.70 bits per heavy atom. The summed E-state index contributed by atoms with van der Waals surface area (Å²) >= 11 is 0. The molecule has 5 nitrogen and oxygen atoms in total. The van der Waals surface area contributed by atoms with Crippen molar-refractivity contribution in [1.82, 2.24) is 5.32 Å². The van der Waals surface area contributed by atoms with Crippen molar-refractivity contribution in [2.75, 3.05) is 33.7 Å². The van der Waals surface area contributed by atoms with E-state index in [1.54, 1.807) is 14.1 Å². The summed E-state index contributed by atoms with van der Waals surface area (Å²) in [4.78, 5) is 22.2. The number of carboxylic acids is 1. The number of halogens is 1. The molecule has 1 atom stereocenters. The smallest absolute Gasteiger partial charge is 0.254 e. The van der Waals surface area contributed by atoms with E-state index in [9.17, 15) is 19.1 Å². The molecule has 0 aromatic heterocycles. The molecule has 0 aliphatic rings. The van der Waals surface area contributed by atoms with Crippen LogP contribution in [0.2, 0.25) is 0 Å². The fourth-order valence-corrected chi connectivity index (χ4v) is 2.49. The minimum Gasteiger partial charge on any atom is -0.544 e. The lowest BCUT2D eigenvalue weighted by atomic mass is 10.1. The largest absolute Gasteiger partial charge is 0.544 e. The molecule has 0 aliphatic carbocycles. The van der Waals surface area contributed by atoms with Gasteiger partial charge in [-0.2, -0.15) is 0 Å². The zero-order valence-electron chi connectivity index (χ0n) is 14.9. The van der Waals surface area contributed by atoms with Gasteiger partial charge in [0.05, 0.1) is 26.6 Å². The molecule has 0 rings (SSSR count). The molecule has 0 bridgehead atoms. The molecule has 136 valence electrons. The molecular weight excluding hydrogens is 299 g/mol. The Hall–Kier alpha value is -1.17. The topological polar surface area (TPSA) is 69.2 Å². The molecule has 0 saturated carbocycles. The van der Waals surface area contributed by atoms with Gasteiger partial charge < -0.3 is 19.7 Å². The number of nitrogens with one attached hydrogen (secondary N) is 1. The van der Waals surface area contributed by atoms with Crippen LogP contribution < -0.4 is 10.4 Å². The van der Waals surface area contributed by atoms with Crippen LogP contribution in [0.1, 0.15) is 58.3 Å². The van der Waals surface area contributed by atoms with E-state index < -0.39 is 18.0 Å². The number of hydrogen-bond acceptors (Lipinski definition) is 3. The van der Waals surface area contributed by atoms with Crippen LogP contribution >= 0.6 is 0 Å². The predicted octanol–water partition coefficient (Wildman–Crippen LogP) is 1.41. The van der Waals surface area contributed by atoms with E-state index in [0.29, 0.717) is 19.5 Å². The number of likely N-dealkylation sites (N-methyl/N-ethyl adjacent to an activating group) is 1. The first kappa shape index (κ1) is 21.8. The van der Waals surface area contributed by atoms with Crippen molar-refractivity contribution in [1.29, 1.82) is 0 Å². The predicted molar refractivity (Wildman–Crippen MR) is 87.4 cm³/mol. The Kier molecular flexibility index (Phi) is 11.7. The lowest BCUT2D eigenvalue weighted by Gasteiger charge is -2.30. The Bertz CT molecular complexity index is 349. The molecule has 23 heavy (non-hydrogen) atoms. The van der Waals surface area contributed by atoms with E-state index in [-0.39, 0.29) is 17.4 Å². The highest BCUT2D eigenvalue weighted by molar-refractivity contribution is 5.80. The van der Waals surface area contributed by atoms with Crippen molar-refractivity contribution in [2.45, 2.75) is 64.5 Å². The van der Waals surface area contributed by atoms with Crippen LogP contribution in [0.3, 0.4) is 0 Å². The summed E-state index contributed by atoms with van der Waals surface area (Å²) < 4.78 is 14.0. The molecule has 0 heterocycles. The average Bonchev–Trinajstić information content (AvgIpc) is 2.45.